The lowest BCUT2D eigenvalue weighted by Crippen LogP contribution is -2.32. The third-order valence-electron chi connectivity index (χ3n) is 5.61. The van der Waals surface area contributed by atoms with E-state index in [9.17, 15) is 4.79 Å². The molecule has 7 heteroatoms. The molecule has 0 spiro atoms. The van der Waals surface area contributed by atoms with Crippen LogP contribution in [0.1, 0.15) is 31.2 Å². The molecule has 4 heterocycles. The average Bonchev–Trinajstić information content (AvgIpc) is 3.17. The Labute approximate surface area is 153 Å². The summed E-state index contributed by atoms with van der Waals surface area (Å²) in [5.41, 5.74) is 1.75. The van der Waals surface area contributed by atoms with Crippen molar-refractivity contribution >= 4 is 5.82 Å². The minimum atomic E-state index is 0.00777. The summed E-state index contributed by atoms with van der Waals surface area (Å²) in [6, 6.07) is 2.13. The largest absolute Gasteiger partial charge is 0.356 e. The summed E-state index contributed by atoms with van der Waals surface area (Å²) in [5, 5.41) is 0. The lowest BCUT2D eigenvalue weighted by atomic mass is 10.0. The van der Waals surface area contributed by atoms with Crippen molar-refractivity contribution in [3.63, 3.8) is 0 Å². The Hall–Kier alpha value is -2.28. The summed E-state index contributed by atoms with van der Waals surface area (Å²) in [6.07, 6.45) is 5.09. The van der Waals surface area contributed by atoms with Crippen molar-refractivity contribution in [2.75, 3.05) is 31.1 Å². The number of nitrogens with zero attached hydrogens (tertiary/aromatic N) is 6. The van der Waals surface area contributed by atoms with Gasteiger partial charge in [-0.1, -0.05) is 13.8 Å². The predicted octanol–water partition coefficient (Wildman–Crippen LogP) is 1.26. The maximum absolute atomic E-state index is 12.2. The van der Waals surface area contributed by atoms with Crippen LogP contribution in [0.4, 0.5) is 5.82 Å². The number of hydrogen-bond acceptors (Lipinski definition) is 6. The Morgan fingerprint density at radius 1 is 1.12 bits per heavy atom. The molecular weight excluding hydrogens is 328 g/mol. The molecule has 0 radical (unpaired) electrons. The molecule has 26 heavy (non-hydrogen) atoms. The number of likely N-dealkylation sites (tertiary alicyclic amines) is 1. The Morgan fingerprint density at radius 3 is 2.54 bits per heavy atom. The van der Waals surface area contributed by atoms with Crippen molar-refractivity contribution in [1.29, 1.82) is 0 Å². The van der Waals surface area contributed by atoms with E-state index in [1.807, 2.05) is 0 Å². The Balaban J connectivity index is 1.40. The van der Waals surface area contributed by atoms with Gasteiger partial charge in [-0.25, -0.2) is 9.97 Å². The molecule has 0 aromatic carbocycles. The van der Waals surface area contributed by atoms with E-state index in [0.717, 1.165) is 37.7 Å². The summed E-state index contributed by atoms with van der Waals surface area (Å²) >= 11 is 0. The molecule has 7 nitrogen and oxygen atoms in total. The van der Waals surface area contributed by atoms with Crippen LogP contribution in [-0.2, 0) is 13.6 Å². The standard InChI is InChI=1S/C19H26N6O/c1-13(2)16-6-18(22-12-21-16)25-9-14-7-24(8-15(14)10-25)11-17-19(26)23(3)5-4-20-17/h4-6,12-15H,7-11H2,1-3H3. The topological polar surface area (TPSA) is 67.2 Å². The Morgan fingerprint density at radius 2 is 1.85 bits per heavy atom. The lowest BCUT2D eigenvalue weighted by Gasteiger charge is -2.22. The maximum Gasteiger partial charge on any atom is 0.273 e. The fourth-order valence-corrected chi connectivity index (χ4v) is 4.13. The minimum absolute atomic E-state index is 0.00777. The van der Waals surface area contributed by atoms with E-state index >= 15 is 0 Å². The Kier molecular flexibility index (Phi) is 4.48. The van der Waals surface area contributed by atoms with Gasteiger partial charge >= 0.3 is 0 Å². The van der Waals surface area contributed by atoms with Crippen LogP contribution >= 0.6 is 0 Å². The average molecular weight is 354 g/mol. The molecule has 2 aromatic rings. The van der Waals surface area contributed by atoms with E-state index < -0.39 is 0 Å². The number of hydrogen-bond donors (Lipinski definition) is 0. The molecule has 2 aliphatic heterocycles. The number of aromatic nitrogens is 4. The van der Waals surface area contributed by atoms with Crippen LogP contribution < -0.4 is 10.5 Å². The second kappa shape index (κ2) is 6.79. The highest BCUT2D eigenvalue weighted by atomic mass is 16.1. The molecular formula is C19H26N6O. The van der Waals surface area contributed by atoms with Crippen LogP contribution in [0.5, 0.6) is 0 Å². The van der Waals surface area contributed by atoms with Crippen molar-refractivity contribution < 1.29 is 0 Å². The fraction of sp³-hybridized carbons (Fsp3) is 0.579. The van der Waals surface area contributed by atoms with Gasteiger partial charge < -0.3 is 9.47 Å². The Bertz CT molecular complexity index is 834. The van der Waals surface area contributed by atoms with Gasteiger partial charge in [-0.15, -0.1) is 0 Å². The van der Waals surface area contributed by atoms with Gasteiger partial charge in [-0.2, -0.15) is 0 Å². The zero-order valence-corrected chi connectivity index (χ0v) is 15.7. The smallest absolute Gasteiger partial charge is 0.273 e. The van der Waals surface area contributed by atoms with E-state index in [-0.39, 0.29) is 5.56 Å². The molecule has 2 saturated heterocycles. The molecule has 4 rings (SSSR count). The van der Waals surface area contributed by atoms with E-state index in [1.54, 1.807) is 30.3 Å². The second-order valence-corrected chi connectivity index (χ2v) is 7.86. The van der Waals surface area contributed by atoms with Crippen molar-refractivity contribution in [2.45, 2.75) is 26.3 Å². The van der Waals surface area contributed by atoms with E-state index in [1.165, 1.54) is 0 Å². The molecule has 0 saturated carbocycles. The van der Waals surface area contributed by atoms with Gasteiger partial charge in [0.15, 0.2) is 0 Å². The zero-order chi connectivity index (χ0) is 18.3. The summed E-state index contributed by atoms with van der Waals surface area (Å²) in [5.74, 6) is 2.71. The predicted molar refractivity (Wildman–Crippen MR) is 100 cm³/mol. The molecule has 138 valence electrons. The summed E-state index contributed by atoms with van der Waals surface area (Å²) in [7, 11) is 1.78. The molecule has 2 aliphatic rings. The highest BCUT2D eigenvalue weighted by Crippen LogP contribution is 2.34. The first-order chi connectivity index (χ1) is 12.5. The molecule has 2 unspecified atom stereocenters. The zero-order valence-electron chi connectivity index (χ0n) is 15.7. The quantitative estimate of drug-likeness (QED) is 0.824. The van der Waals surface area contributed by atoms with Crippen molar-refractivity contribution in [2.24, 2.45) is 18.9 Å². The highest BCUT2D eigenvalue weighted by molar-refractivity contribution is 5.41. The van der Waals surface area contributed by atoms with Gasteiger partial charge in [0, 0.05) is 63.9 Å². The summed E-state index contributed by atoms with van der Waals surface area (Å²) < 4.78 is 1.60. The molecule has 2 fully saturated rings. The monoisotopic (exact) mass is 354 g/mol. The van der Waals surface area contributed by atoms with Crippen LogP contribution in [0.25, 0.3) is 0 Å². The van der Waals surface area contributed by atoms with Crippen LogP contribution in [0.2, 0.25) is 0 Å². The normalized spacial score (nSPS) is 23.0. The highest BCUT2D eigenvalue weighted by Gasteiger charge is 2.40. The van der Waals surface area contributed by atoms with Crippen LogP contribution in [0.15, 0.2) is 29.6 Å². The number of anilines is 1. The van der Waals surface area contributed by atoms with Crippen molar-refractivity contribution in [3.05, 3.63) is 46.5 Å². The first kappa shape index (κ1) is 17.1. The first-order valence-corrected chi connectivity index (χ1v) is 9.31. The van der Waals surface area contributed by atoms with E-state index in [4.69, 9.17) is 0 Å². The number of rotatable bonds is 4. The van der Waals surface area contributed by atoms with Crippen LogP contribution in [-0.4, -0.2) is 50.6 Å². The van der Waals surface area contributed by atoms with Crippen LogP contribution in [0, 0.1) is 11.8 Å². The molecule has 0 bridgehead atoms. The number of aryl methyl sites for hydroxylation is 1. The number of fused-ring (bicyclic) bond motifs is 1. The van der Waals surface area contributed by atoms with E-state index in [2.05, 4.69) is 44.7 Å². The minimum Gasteiger partial charge on any atom is -0.356 e. The van der Waals surface area contributed by atoms with Gasteiger partial charge in [-0.05, 0) is 17.8 Å². The van der Waals surface area contributed by atoms with E-state index in [0.29, 0.717) is 30.0 Å². The second-order valence-electron chi connectivity index (χ2n) is 7.86. The van der Waals surface area contributed by atoms with Gasteiger partial charge in [0.2, 0.25) is 0 Å². The fourth-order valence-electron chi connectivity index (χ4n) is 4.13. The summed E-state index contributed by atoms with van der Waals surface area (Å²) in [6.45, 7) is 9.04. The van der Waals surface area contributed by atoms with Gasteiger partial charge in [0.1, 0.15) is 17.8 Å². The molecule has 2 atom stereocenters. The van der Waals surface area contributed by atoms with Crippen molar-refractivity contribution in [3.8, 4) is 0 Å². The van der Waals surface area contributed by atoms with Gasteiger partial charge in [0.05, 0.1) is 0 Å². The maximum atomic E-state index is 12.2. The molecule has 0 amide bonds. The molecule has 0 N–H and O–H groups in total. The lowest BCUT2D eigenvalue weighted by molar-refractivity contribution is 0.303. The third kappa shape index (κ3) is 3.23. The molecule has 2 aromatic heterocycles. The summed E-state index contributed by atoms with van der Waals surface area (Å²) in [4.78, 5) is 30.1. The van der Waals surface area contributed by atoms with Crippen LogP contribution in [0.3, 0.4) is 0 Å². The van der Waals surface area contributed by atoms with Gasteiger partial charge in [0.25, 0.3) is 5.56 Å². The first-order valence-electron chi connectivity index (χ1n) is 9.31. The SMILES string of the molecule is CC(C)c1cc(N2CC3CN(Cc4nccn(C)c4=O)CC3C2)ncn1. The van der Waals surface area contributed by atoms with Crippen molar-refractivity contribution in [1.82, 2.24) is 24.4 Å². The molecule has 0 aliphatic carbocycles. The van der Waals surface area contributed by atoms with Gasteiger partial charge in [-0.3, -0.25) is 14.7 Å². The third-order valence-corrected chi connectivity index (χ3v) is 5.61.